The van der Waals surface area contributed by atoms with E-state index in [4.69, 9.17) is 9.84 Å². The number of ether oxygens (including phenoxy) is 1. The zero-order chi connectivity index (χ0) is 23.8. The van der Waals surface area contributed by atoms with Crippen LogP contribution in [0.5, 0.6) is 0 Å². The molecule has 2 aromatic carbocycles. The zero-order valence-electron chi connectivity index (χ0n) is 19.2. The molecule has 3 rings (SSSR count). The molecule has 7 nitrogen and oxygen atoms in total. The summed E-state index contributed by atoms with van der Waals surface area (Å²) in [6.07, 6.45) is 1.32. The van der Waals surface area contributed by atoms with Crippen molar-refractivity contribution in [3.05, 3.63) is 59.7 Å². The second-order valence-electron chi connectivity index (χ2n) is 8.35. The fourth-order valence-electron chi connectivity index (χ4n) is 4.41. The number of nitrogens with one attached hydrogen (secondary N) is 2. The van der Waals surface area contributed by atoms with Gasteiger partial charge in [-0.05, 0) is 47.9 Å². The molecule has 0 radical (unpaired) electrons. The van der Waals surface area contributed by atoms with Gasteiger partial charge in [-0.3, -0.25) is 9.59 Å². The van der Waals surface area contributed by atoms with E-state index in [0.29, 0.717) is 32.2 Å². The first kappa shape index (κ1) is 24.3. The topological polar surface area (TPSA) is 105 Å². The first-order valence-corrected chi connectivity index (χ1v) is 11.5. The number of carbonyl (C=O) groups excluding carboxylic acids is 2. The van der Waals surface area contributed by atoms with Gasteiger partial charge in [0.15, 0.2) is 0 Å². The molecule has 2 amide bonds. The quantitative estimate of drug-likeness (QED) is 0.437. The van der Waals surface area contributed by atoms with Crippen molar-refractivity contribution in [1.82, 2.24) is 10.6 Å². The van der Waals surface area contributed by atoms with E-state index in [1.54, 1.807) is 0 Å². The van der Waals surface area contributed by atoms with Crippen molar-refractivity contribution in [3.8, 4) is 11.1 Å². The highest BCUT2D eigenvalue weighted by molar-refractivity contribution is 5.90. The Morgan fingerprint density at radius 3 is 2.06 bits per heavy atom. The predicted molar refractivity (Wildman–Crippen MR) is 126 cm³/mol. The molecule has 0 aliphatic heterocycles. The van der Waals surface area contributed by atoms with Crippen LogP contribution in [-0.2, 0) is 14.3 Å². The summed E-state index contributed by atoms with van der Waals surface area (Å²) in [6, 6.07) is 16.2. The van der Waals surface area contributed by atoms with Gasteiger partial charge in [-0.25, -0.2) is 4.79 Å². The monoisotopic (exact) mass is 452 g/mol. The van der Waals surface area contributed by atoms with Gasteiger partial charge in [0, 0.05) is 18.9 Å². The Hall–Kier alpha value is -3.35. The number of fused-ring (bicyclic) bond motifs is 3. The summed E-state index contributed by atoms with van der Waals surface area (Å²) in [7, 11) is 0. The lowest BCUT2D eigenvalue weighted by Crippen LogP contribution is -2.58. The molecule has 0 fully saturated rings. The van der Waals surface area contributed by atoms with Crippen LogP contribution in [0.15, 0.2) is 48.5 Å². The maximum absolute atomic E-state index is 12.8. The standard InChI is InChI=1S/C26H32N2O5/c1-3-26(4-2,24(31)27-16-10-9-15-23(29)30)28-25(32)33-17-22-20-13-7-5-11-18(20)19-12-6-8-14-21(19)22/h5-8,11-14,22H,3-4,9-10,15-17H2,1-2H3,(H,27,31)(H,28,32)(H,29,30). The normalized spacial score (nSPS) is 12.5. The molecule has 0 saturated heterocycles. The molecule has 0 aromatic heterocycles. The number of hydrogen-bond acceptors (Lipinski definition) is 4. The third-order valence-corrected chi connectivity index (χ3v) is 6.43. The van der Waals surface area contributed by atoms with Crippen molar-refractivity contribution in [3.63, 3.8) is 0 Å². The molecule has 176 valence electrons. The van der Waals surface area contributed by atoms with Crippen molar-refractivity contribution < 1.29 is 24.2 Å². The lowest BCUT2D eigenvalue weighted by atomic mass is 9.91. The lowest BCUT2D eigenvalue weighted by molar-refractivity contribution is -0.137. The average molecular weight is 453 g/mol. The highest BCUT2D eigenvalue weighted by Gasteiger charge is 2.37. The minimum Gasteiger partial charge on any atom is -0.481 e. The number of carboxylic acids is 1. The van der Waals surface area contributed by atoms with E-state index in [1.807, 2.05) is 38.1 Å². The summed E-state index contributed by atoms with van der Waals surface area (Å²) in [5.41, 5.74) is 3.49. The molecule has 1 aliphatic carbocycles. The van der Waals surface area contributed by atoms with Crippen molar-refractivity contribution in [2.75, 3.05) is 13.2 Å². The van der Waals surface area contributed by atoms with Crippen LogP contribution in [0.2, 0.25) is 0 Å². The van der Waals surface area contributed by atoms with E-state index in [0.717, 1.165) is 22.3 Å². The Kier molecular flexibility index (Phi) is 8.09. The molecule has 7 heteroatoms. The first-order valence-electron chi connectivity index (χ1n) is 11.5. The third-order valence-electron chi connectivity index (χ3n) is 6.43. The summed E-state index contributed by atoms with van der Waals surface area (Å²) in [4.78, 5) is 36.2. The van der Waals surface area contributed by atoms with Gasteiger partial charge in [0.25, 0.3) is 0 Å². The highest BCUT2D eigenvalue weighted by atomic mass is 16.5. The van der Waals surface area contributed by atoms with Crippen LogP contribution in [0.3, 0.4) is 0 Å². The van der Waals surface area contributed by atoms with E-state index in [-0.39, 0.29) is 24.9 Å². The van der Waals surface area contributed by atoms with Crippen LogP contribution in [-0.4, -0.2) is 41.8 Å². The van der Waals surface area contributed by atoms with Crippen LogP contribution in [0.25, 0.3) is 11.1 Å². The van der Waals surface area contributed by atoms with Gasteiger partial charge in [0.1, 0.15) is 12.1 Å². The summed E-state index contributed by atoms with van der Waals surface area (Å²) in [5.74, 6) is -1.19. The van der Waals surface area contributed by atoms with Crippen molar-refractivity contribution in [2.45, 2.75) is 57.4 Å². The molecule has 0 spiro atoms. The second-order valence-corrected chi connectivity index (χ2v) is 8.35. The number of aliphatic carboxylic acids is 1. The molecule has 1 aliphatic rings. The smallest absolute Gasteiger partial charge is 0.408 e. The highest BCUT2D eigenvalue weighted by Crippen LogP contribution is 2.44. The summed E-state index contributed by atoms with van der Waals surface area (Å²) >= 11 is 0. The number of amides is 2. The maximum Gasteiger partial charge on any atom is 0.408 e. The Balaban J connectivity index is 1.60. The Bertz CT molecular complexity index is 954. The van der Waals surface area contributed by atoms with Crippen LogP contribution in [0.4, 0.5) is 4.79 Å². The van der Waals surface area contributed by atoms with E-state index in [1.165, 1.54) is 0 Å². The van der Waals surface area contributed by atoms with Gasteiger partial charge in [-0.2, -0.15) is 0 Å². The van der Waals surface area contributed by atoms with Gasteiger partial charge in [0.2, 0.25) is 5.91 Å². The van der Waals surface area contributed by atoms with Crippen LogP contribution >= 0.6 is 0 Å². The van der Waals surface area contributed by atoms with Crippen LogP contribution < -0.4 is 10.6 Å². The van der Waals surface area contributed by atoms with Gasteiger partial charge in [-0.1, -0.05) is 62.4 Å². The van der Waals surface area contributed by atoms with Gasteiger partial charge < -0.3 is 20.5 Å². The fourth-order valence-corrected chi connectivity index (χ4v) is 4.41. The van der Waals surface area contributed by atoms with Crippen molar-refractivity contribution in [1.29, 1.82) is 0 Å². The van der Waals surface area contributed by atoms with Gasteiger partial charge in [-0.15, -0.1) is 0 Å². The number of carboxylic acid groups (broad SMARTS) is 1. The number of alkyl carbamates (subject to hydrolysis) is 1. The molecule has 0 heterocycles. The van der Waals surface area contributed by atoms with E-state index in [9.17, 15) is 14.4 Å². The number of unbranched alkanes of at least 4 members (excludes halogenated alkanes) is 1. The van der Waals surface area contributed by atoms with Crippen LogP contribution in [0, 0.1) is 0 Å². The van der Waals surface area contributed by atoms with E-state index in [2.05, 4.69) is 34.9 Å². The van der Waals surface area contributed by atoms with Crippen molar-refractivity contribution in [2.24, 2.45) is 0 Å². The van der Waals surface area contributed by atoms with Gasteiger partial charge in [0.05, 0.1) is 0 Å². The molecule has 0 saturated carbocycles. The zero-order valence-corrected chi connectivity index (χ0v) is 19.2. The molecule has 2 aromatic rings. The predicted octanol–water partition coefficient (Wildman–Crippen LogP) is 4.46. The molecule has 0 atom stereocenters. The van der Waals surface area contributed by atoms with Crippen LogP contribution in [0.1, 0.15) is 63.0 Å². The summed E-state index contributed by atoms with van der Waals surface area (Å²) in [6.45, 7) is 4.23. The molecule has 3 N–H and O–H groups in total. The van der Waals surface area contributed by atoms with E-state index < -0.39 is 17.6 Å². The summed E-state index contributed by atoms with van der Waals surface area (Å²) in [5, 5.41) is 14.3. The molecule has 33 heavy (non-hydrogen) atoms. The second kappa shape index (κ2) is 11.0. The van der Waals surface area contributed by atoms with Crippen molar-refractivity contribution >= 4 is 18.0 Å². The number of rotatable bonds is 11. The number of carbonyl (C=O) groups is 3. The number of hydrogen-bond donors (Lipinski definition) is 3. The molecular formula is C26H32N2O5. The lowest BCUT2D eigenvalue weighted by Gasteiger charge is -2.31. The SMILES string of the molecule is CCC(CC)(NC(=O)OCC1c2ccccc2-c2ccccc21)C(=O)NCCCCC(=O)O. The largest absolute Gasteiger partial charge is 0.481 e. The number of benzene rings is 2. The molecule has 0 unspecified atom stereocenters. The average Bonchev–Trinajstić information content (AvgIpc) is 3.14. The molecular weight excluding hydrogens is 420 g/mol. The molecule has 0 bridgehead atoms. The Morgan fingerprint density at radius 2 is 1.52 bits per heavy atom. The minimum absolute atomic E-state index is 0.0520. The fraction of sp³-hybridized carbons (Fsp3) is 0.423. The Morgan fingerprint density at radius 1 is 0.939 bits per heavy atom. The summed E-state index contributed by atoms with van der Waals surface area (Å²) < 4.78 is 5.62. The van der Waals surface area contributed by atoms with Gasteiger partial charge >= 0.3 is 12.1 Å². The Labute approximate surface area is 194 Å². The maximum atomic E-state index is 12.8. The van der Waals surface area contributed by atoms with E-state index >= 15 is 0 Å². The minimum atomic E-state index is -1.07. The first-order chi connectivity index (χ1) is 15.9. The third kappa shape index (κ3) is 5.53.